The summed E-state index contributed by atoms with van der Waals surface area (Å²) in [5.41, 5.74) is -1.54. The lowest BCUT2D eigenvalue weighted by molar-refractivity contribution is 0.101. The predicted molar refractivity (Wildman–Crippen MR) is 79.9 cm³/mol. The van der Waals surface area contributed by atoms with E-state index in [4.69, 9.17) is 0 Å². The smallest absolute Gasteiger partial charge is 0.187 e. The molecule has 0 amide bonds. The number of halogens is 4. The van der Waals surface area contributed by atoms with Gasteiger partial charge in [0.1, 0.15) is 17.5 Å². The molecule has 2 aliphatic rings. The molecule has 3 rings (SSSR count). The molecule has 4 nitrogen and oxygen atoms in total. The molecule has 0 radical (unpaired) electrons. The predicted octanol–water partition coefficient (Wildman–Crippen LogP) is 2.20. The van der Waals surface area contributed by atoms with E-state index in [-0.39, 0.29) is 16.5 Å². The fourth-order valence-electron chi connectivity index (χ4n) is 2.98. The highest BCUT2D eigenvalue weighted by Gasteiger charge is 2.50. The van der Waals surface area contributed by atoms with Gasteiger partial charge in [-0.15, -0.1) is 0 Å². The standard InChI is InChI=1S/C16H12F4O4S/c17-8-6-9(18)13(20)11(12(8)19)15(22)16-14(21)7-4-2-1-3-5-10(7)25(16,23)24/h2-6,14-16,21-22H,1H2. The van der Waals surface area contributed by atoms with Crippen LogP contribution in [0.1, 0.15) is 18.1 Å². The minimum absolute atomic E-state index is 0.0562. The van der Waals surface area contributed by atoms with Crippen LogP contribution in [0.15, 0.2) is 40.8 Å². The number of aliphatic hydroxyl groups is 2. The van der Waals surface area contributed by atoms with Crippen molar-refractivity contribution in [2.45, 2.75) is 23.9 Å². The molecule has 0 aromatic heterocycles. The number of aliphatic hydroxyl groups excluding tert-OH is 2. The van der Waals surface area contributed by atoms with E-state index in [1.165, 1.54) is 18.2 Å². The molecule has 1 heterocycles. The van der Waals surface area contributed by atoms with Gasteiger partial charge in [0.2, 0.25) is 0 Å². The highest BCUT2D eigenvalue weighted by atomic mass is 32.2. The minimum atomic E-state index is -4.40. The van der Waals surface area contributed by atoms with Crippen LogP contribution in [-0.4, -0.2) is 30.0 Å². The van der Waals surface area contributed by atoms with Crippen LogP contribution in [0.2, 0.25) is 0 Å². The SMILES string of the molecule is O=S1(=O)C2=C(C=CCC=C2)C(O)C1C(O)c1c(F)c(F)cc(F)c1F. The summed E-state index contributed by atoms with van der Waals surface area (Å²) >= 11 is 0. The summed E-state index contributed by atoms with van der Waals surface area (Å²) in [5.74, 6) is -7.40. The second kappa shape index (κ2) is 6.08. The molecular formula is C16H12F4O4S. The Bertz CT molecular complexity index is 908. The molecule has 0 saturated carbocycles. The molecule has 1 aromatic carbocycles. The van der Waals surface area contributed by atoms with Crippen LogP contribution in [0.4, 0.5) is 17.6 Å². The van der Waals surface area contributed by atoms with E-state index in [1.807, 2.05) is 0 Å². The average molecular weight is 376 g/mol. The Morgan fingerprint density at radius 2 is 1.60 bits per heavy atom. The van der Waals surface area contributed by atoms with Gasteiger partial charge in [-0.05, 0) is 12.5 Å². The zero-order chi connectivity index (χ0) is 18.5. The molecular weight excluding hydrogens is 364 g/mol. The van der Waals surface area contributed by atoms with Crippen molar-refractivity contribution in [2.24, 2.45) is 0 Å². The summed E-state index contributed by atoms with van der Waals surface area (Å²) < 4.78 is 79.7. The van der Waals surface area contributed by atoms with E-state index >= 15 is 0 Å². The van der Waals surface area contributed by atoms with Crippen molar-refractivity contribution >= 4 is 9.84 Å². The second-order valence-corrected chi connectivity index (χ2v) is 7.72. The molecule has 0 saturated heterocycles. The van der Waals surface area contributed by atoms with Gasteiger partial charge in [0, 0.05) is 11.6 Å². The largest absolute Gasteiger partial charge is 0.387 e. The van der Waals surface area contributed by atoms with Crippen LogP contribution in [0.25, 0.3) is 0 Å². The van der Waals surface area contributed by atoms with E-state index < -0.39 is 56.1 Å². The van der Waals surface area contributed by atoms with Gasteiger partial charge in [0.05, 0.1) is 10.5 Å². The van der Waals surface area contributed by atoms with Crippen LogP contribution in [0.5, 0.6) is 0 Å². The third-order valence-corrected chi connectivity index (χ3v) is 6.39. The third-order valence-electron chi connectivity index (χ3n) is 4.17. The number of allylic oxidation sites excluding steroid dienone is 3. The number of hydrogen-bond acceptors (Lipinski definition) is 4. The van der Waals surface area contributed by atoms with Crippen LogP contribution in [-0.2, 0) is 9.84 Å². The first-order valence-corrected chi connectivity index (χ1v) is 8.72. The fraction of sp³-hybridized carbons (Fsp3) is 0.250. The Morgan fingerprint density at radius 1 is 1.04 bits per heavy atom. The Kier molecular flexibility index (Phi) is 4.34. The molecule has 25 heavy (non-hydrogen) atoms. The minimum Gasteiger partial charge on any atom is -0.387 e. The summed E-state index contributed by atoms with van der Waals surface area (Å²) in [6.45, 7) is 0. The monoisotopic (exact) mass is 376 g/mol. The number of benzene rings is 1. The molecule has 3 atom stereocenters. The van der Waals surface area contributed by atoms with Gasteiger partial charge in [0.15, 0.2) is 33.1 Å². The molecule has 1 aliphatic heterocycles. The van der Waals surface area contributed by atoms with Gasteiger partial charge in [-0.2, -0.15) is 0 Å². The van der Waals surface area contributed by atoms with Gasteiger partial charge in [-0.1, -0.05) is 18.2 Å². The number of sulfone groups is 1. The zero-order valence-corrected chi connectivity index (χ0v) is 13.3. The van der Waals surface area contributed by atoms with Gasteiger partial charge < -0.3 is 10.2 Å². The van der Waals surface area contributed by atoms with Crippen LogP contribution in [0, 0.1) is 23.3 Å². The van der Waals surface area contributed by atoms with Crippen LogP contribution < -0.4 is 0 Å². The summed E-state index contributed by atoms with van der Waals surface area (Å²) in [7, 11) is -4.40. The first-order chi connectivity index (χ1) is 11.7. The number of rotatable bonds is 2. The van der Waals surface area contributed by atoms with E-state index in [2.05, 4.69) is 0 Å². The lowest BCUT2D eigenvalue weighted by Crippen LogP contribution is -2.36. The highest BCUT2D eigenvalue weighted by molar-refractivity contribution is 7.96. The molecule has 1 aromatic rings. The van der Waals surface area contributed by atoms with E-state index in [1.54, 1.807) is 6.08 Å². The summed E-state index contributed by atoms with van der Waals surface area (Å²) in [5, 5.41) is 18.4. The zero-order valence-electron chi connectivity index (χ0n) is 12.5. The van der Waals surface area contributed by atoms with Crippen LogP contribution in [0.3, 0.4) is 0 Å². The molecule has 2 N–H and O–H groups in total. The maximum atomic E-state index is 13.9. The maximum Gasteiger partial charge on any atom is 0.187 e. The summed E-state index contributed by atoms with van der Waals surface area (Å²) in [6, 6.07) is -0.0562. The molecule has 0 spiro atoms. The van der Waals surface area contributed by atoms with Crippen molar-refractivity contribution in [3.8, 4) is 0 Å². The maximum absolute atomic E-state index is 13.9. The van der Waals surface area contributed by atoms with Crippen molar-refractivity contribution in [3.63, 3.8) is 0 Å². The highest BCUT2D eigenvalue weighted by Crippen LogP contribution is 2.42. The van der Waals surface area contributed by atoms with Crippen molar-refractivity contribution in [1.82, 2.24) is 0 Å². The van der Waals surface area contributed by atoms with Gasteiger partial charge in [0.25, 0.3) is 0 Å². The summed E-state index contributed by atoms with van der Waals surface area (Å²) in [6.07, 6.45) is 1.64. The van der Waals surface area contributed by atoms with Crippen molar-refractivity contribution < 1.29 is 36.2 Å². The Morgan fingerprint density at radius 3 is 2.20 bits per heavy atom. The quantitative estimate of drug-likeness (QED) is 0.613. The topological polar surface area (TPSA) is 74.6 Å². The van der Waals surface area contributed by atoms with E-state index in [9.17, 15) is 36.2 Å². The lowest BCUT2D eigenvalue weighted by atomic mass is 9.97. The molecule has 0 fully saturated rings. The van der Waals surface area contributed by atoms with Crippen molar-refractivity contribution in [1.29, 1.82) is 0 Å². The van der Waals surface area contributed by atoms with E-state index in [0.29, 0.717) is 6.42 Å². The average Bonchev–Trinajstić information content (AvgIpc) is 2.72. The van der Waals surface area contributed by atoms with Gasteiger partial charge in [-0.3, -0.25) is 0 Å². The Balaban J connectivity index is 2.15. The normalized spacial score (nSPS) is 25.8. The molecule has 134 valence electrons. The van der Waals surface area contributed by atoms with E-state index in [0.717, 1.165) is 0 Å². The molecule has 3 unspecified atom stereocenters. The Hall–Kier alpha value is -1.97. The van der Waals surface area contributed by atoms with Gasteiger partial charge >= 0.3 is 0 Å². The fourth-order valence-corrected chi connectivity index (χ4v) is 5.04. The molecule has 0 bridgehead atoms. The Labute approximate surface area is 140 Å². The van der Waals surface area contributed by atoms with Crippen LogP contribution >= 0.6 is 0 Å². The number of hydrogen-bond donors (Lipinski definition) is 2. The first-order valence-electron chi connectivity index (χ1n) is 7.18. The van der Waals surface area contributed by atoms with Gasteiger partial charge in [-0.25, -0.2) is 26.0 Å². The molecule has 9 heteroatoms. The first kappa shape index (κ1) is 17.8. The van der Waals surface area contributed by atoms with Crippen molar-refractivity contribution in [2.75, 3.05) is 0 Å². The van der Waals surface area contributed by atoms with Crippen molar-refractivity contribution in [3.05, 3.63) is 69.7 Å². The second-order valence-electron chi connectivity index (χ2n) is 5.64. The lowest BCUT2D eigenvalue weighted by Gasteiger charge is -2.23. The molecule has 1 aliphatic carbocycles. The summed E-state index contributed by atoms with van der Waals surface area (Å²) in [4.78, 5) is -0.310. The third kappa shape index (κ3) is 2.62.